The van der Waals surface area contributed by atoms with Gasteiger partial charge in [0.15, 0.2) is 0 Å². The van der Waals surface area contributed by atoms with Crippen LogP contribution < -0.4 is 10.1 Å². The molecule has 1 aromatic rings. The van der Waals surface area contributed by atoms with Crippen molar-refractivity contribution in [3.63, 3.8) is 0 Å². The van der Waals surface area contributed by atoms with E-state index in [0.717, 1.165) is 5.56 Å². The van der Waals surface area contributed by atoms with Gasteiger partial charge in [-0.15, -0.1) is 0 Å². The molecule has 15 heavy (non-hydrogen) atoms. The molecule has 1 atom stereocenters. The second-order valence-corrected chi connectivity index (χ2v) is 3.49. The van der Waals surface area contributed by atoms with Gasteiger partial charge in [-0.3, -0.25) is 9.59 Å². The number of benzene rings is 1. The Kier molecular flexibility index (Phi) is 2.41. The molecule has 0 aromatic heterocycles. The number of β-lactam (4-membered cyclic amide) rings is 1. The summed E-state index contributed by atoms with van der Waals surface area (Å²) < 4.78 is 4.90. The Bertz CT molecular complexity index is 389. The minimum atomic E-state index is -0.334. The van der Waals surface area contributed by atoms with Crippen LogP contribution in [0.1, 0.15) is 24.9 Å². The molecule has 0 spiro atoms. The fraction of sp³-hybridized carbons (Fsp3) is 0.273. The van der Waals surface area contributed by atoms with Gasteiger partial charge in [0, 0.05) is 6.92 Å². The molecule has 4 nitrogen and oxygen atoms in total. The Morgan fingerprint density at radius 3 is 2.47 bits per heavy atom. The molecule has 0 radical (unpaired) electrons. The van der Waals surface area contributed by atoms with Crippen LogP contribution in [0.2, 0.25) is 0 Å². The van der Waals surface area contributed by atoms with E-state index in [1.54, 1.807) is 12.1 Å². The van der Waals surface area contributed by atoms with E-state index in [-0.39, 0.29) is 17.9 Å². The fourth-order valence-corrected chi connectivity index (χ4v) is 1.49. The number of hydrogen-bond donors (Lipinski definition) is 1. The third-order valence-electron chi connectivity index (χ3n) is 2.27. The van der Waals surface area contributed by atoms with Crippen LogP contribution in [0.25, 0.3) is 0 Å². The summed E-state index contributed by atoms with van der Waals surface area (Å²) in [5.41, 5.74) is 1.03. The highest BCUT2D eigenvalue weighted by atomic mass is 16.5. The van der Waals surface area contributed by atoms with Crippen molar-refractivity contribution in [1.82, 2.24) is 5.32 Å². The number of hydrogen-bond acceptors (Lipinski definition) is 3. The predicted molar refractivity (Wildman–Crippen MR) is 53.3 cm³/mol. The van der Waals surface area contributed by atoms with Crippen molar-refractivity contribution in [1.29, 1.82) is 0 Å². The maximum atomic E-state index is 10.7. The molecule has 1 aliphatic heterocycles. The highest BCUT2D eigenvalue weighted by Gasteiger charge is 2.26. The zero-order chi connectivity index (χ0) is 10.8. The van der Waals surface area contributed by atoms with Gasteiger partial charge >= 0.3 is 5.97 Å². The van der Waals surface area contributed by atoms with Crippen molar-refractivity contribution in [3.8, 4) is 5.75 Å². The third-order valence-corrected chi connectivity index (χ3v) is 2.27. The van der Waals surface area contributed by atoms with Gasteiger partial charge in [0.05, 0.1) is 12.5 Å². The van der Waals surface area contributed by atoms with Crippen molar-refractivity contribution in [2.45, 2.75) is 19.4 Å². The van der Waals surface area contributed by atoms with E-state index in [9.17, 15) is 9.59 Å². The topological polar surface area (TPSA) is 55.4 Å². The maximum Gasteiger partial charge on any atom is 0.308 e. The van der Waals surface area contributed by atoms with E-state index in [1.807, 2.05) is 12.1 Å². The molecule has 1 aliphatic rings. The Balaban J connectivity index is 2.04. The number of nitrogens with one attached hydrogen (secondary N) is 1. The summed E-state index contributed by atoms with van der Waals surface area (Å²) in [7, 11) is 0. The van der Waals surface area contributed by atoms with Gasteiger partial charge in [0.2, 0.25) is 5.91 Å². The van der Waals surface area contributed by atoms with Gasteiger partial charge in [-0.2, -0.15) is 0 Å². The summed E-state index contributed by atoms with van der Waals surface area (Å²) in [6.07, 6.45) is 0.535. The van der Waals surface area contributed by atoms with Gasteiger partial charge in [-0.25, -0.2) is 0 Å². The summed E-state index contributed by atoms with van der Waals surface area (Å²) in [5.74, 6) is 0.264. The SMILES string of the molecule is CC(=O)Oc1ccc(C2CC(=O)N2)cc1. The molecule has 0 bridgehead atoms. The monoisotopic (exact) mass is 205 g/mol. The highest BCUT2D eigenvalue weighted by molar-refractivity contribution is 5.83. The Labute approximate surface area is 87.2 Å². The van der Waals surface area contributed by atoms with Crippen molar-refractivity contribution in [3.05, 3.63) is 29.8 Å². The van der Waals surface area contributed by atoms with Gasteiger partial charge in [0.1, 0.15) is 5.75 Å². The van der Waals surface area contributed by atoms with Crippen molar-refractivity contribution < 1.29 is 14.3 Å². The lowest BCUT2D eigenvalue weighted by Crippen LogP contribution is -2.41. The molecule has 1 unspecified atom stereocenters. The van der Waals surface area contributed by atoms with Crippen molar-refractivity contribution >= 4 is 11.9 Å². The van der Waals surface area contributed by atoms with E-state index >= 15 is 0 Å². The zero-order valence-corrected chi connectivity index (χ0v) is 8.32. The summed E-state index contributed by atoms with van der Waals surface area (Å²) in [6.45, 7) is 1.36. The van der Waals surface area contributed by atoms with Crippen LogP contribution in [0.15, 0.2) is 24.3 Å². The normalized spacial score (nSPS) is 19.0. The quantitative estimate of drug-likeness (QED) is 0.448. The van der Waals surface area contributed by atoms with Gasteiger partial charge in [-0.05, 0) is 17.7 Å². The number of esters is 1. The van der Waals surface area contributed by atoms with Crippen LogP contribution in [0.4, 0.5) is 0 Å². The molecule has 0 saturated carbocycles. The lowest BCUT2D eigenvalue weighted by atomic mass is 9.97. The first-order valence-corrected chi connectivity index (χ1v) is 4.73. The fourth-order valence-electron chi connectivity index (χ4n) is 1.49. The van der Waals surface area contributed by atoms with Crippen molar-refractivity contribution in [2.75, 3.05) is 0 Å². The molecule has 78 valence electrons. The van der Waals surface area contributed by atoms with Crippen LogP contribution in [0.3, 0.4) is 0 Å². The Morgan fingerprint density at radius 2 is 2.00 bits per heavy atom. The lowest BCUT2D eigenvalue weighted by Gasteiger charge is -2.27. The molecule has 1 saturated heterocycles. The van der Waals surface area contributed by atoms with E-state index in [2.05, 4.69) is 5.32 Å². The Morgan fingerprint density at radius 1 is 1.40 bits per heavy atom. The zero-order valence-electron chi connectivity index (χ0n) is 8.32. The molecule has 1 N–H and O–H groups in total. The smallest absolute Gasteiger partial charge is 0.308 e. The number of carbonyl (C=O) groups excluding carboxylic acids is 2. The molecule has 0 aliphatic carbocycles. The van der Waals surface area contributed by atoms with Crippen LogP contribution in [0, 0.1) is 0 Å². The summed E-state index contributed by atoms with van der Waals surface area (Å²) in [5, 5.41) is 2.77. The minimum Gasteiger partial charge on any atom is -0.427 e. The van der Waals surface area contributed by atoms with Crippen LogP contribution in [-0.4, -0.2) is 11.9 Å². The summed E-state index contributed by atoms with van der Waals surface area (Å²) in [6, 6.07) is 7.26. The molecule has 2 rings (SSSR count). The second-order valence-electron chi connectivity index (χ2n) is 3.49. The second kappa shape index (κ2) is 3.73. The van der Waals surface area contributed by atoms with E-state index in [4.69, 9.17) is 4.74 Å². The number of rotatable bonds is 2. The molecule has 1 heterocycles. The Hall–Kier alpha value is -1.84. The van der Waals surface area contributed by atoms with E-state index in [0.29, 0.717) is 12.2 Å². The van der Waals surface area contributed by atoms with E-state index < -0.39 is 0 Å². The summed E-state index contributed by atoms with van der Waals surface area (Å²) >= 11 is 0. The average molecular weight is 205 g/mol. The highest BCUT2D eigenvalue weighted by Crippen LogP contribution is 2.25. The largest absolute Gasteiger partial charge is 0.427 e. The van der Waals surface area contributed by atoms with Crippen LogP contribution in [-0.2, 0) is 9.59 Å². The first-order chi connectivity index (χ1) is 7.15. The van der Waals surface area contributed by atoms with Gasteiger partial charge in [0.25, 0.3) is 0 Å². The molecular formula is C11H11NO3. The van der Waals surface area contributed by atoms with E-state index in [1.165, 1.54) is 6.92 Å². The van der Waals surface area contributed by atoms with Crippen LogP contribution >= 0.6 is 0 Å². The lowest BCUT2D eigenvalue weighted by molar-refractivity contribution is -0.132. The maximum absolute atomic E-state index is 10.7. The van der Waals surface area contributed by atoms with Gasteiger partial charge < -0.3 is 10.1 Å². The minimum absolute atomic E-state index is 0.0732. The first kappa shape index (κ1) is 9.71. The van der Waals surface area contributed by atoms with Gasteiger partial charge in [-0.1, -0.05) is 12.1 Å². The van der Waals surface area contributed by atoms with Crippen LogP contribution in [0.5, 0.6) is 5.75 Å². The number of ether oxygens (including phenoxy) is 1. The number of carbonyl (C=O) groups is 2. The molecular weight excluding hydrogens is 194 g/mol. The van der Waals surface area contributed by atoms with Crippen molar-refractivity contribution in [2.24, 2.45) is 0 Å². The third kappa shape index (κ3) is 2.15. The molecule has 1 fully saturated rings. The number of amides is 1. The average Bonchev–Trinajstić information content (AvgIpc) is 2.14. The predicted octanol–water partition coefficient (Wildman–Crippen LogP) is 1.17. The first-order valence-electron chi connectivity index (χ1n) is 4.73. The molecule has 1 amide bonds. The molecule has 4 heteroatoms. The summed E-state index contributed by atoms with van der Waals surface area (Å²) in [4.78, 5) is 21.4. The molecule has 1 aromatic carbocycles. The standard InChI is InChI=1S/C11H11NO3/c1-7(13)15-9-4-2-8(3-5-9)10-6-11(14)12-10/h2-5,10H,6H2,1H3,(H,12,14).